The summed E-state index contributed by atoms with van der Waals surface area (Å²) in [5.41, 5.74) is 1.37. The summed E-state index contributed by atoms with van der Waals surface area (Å²) in [4.78, 5) is 25.5. The molecule has 0 saturated carbocycles. The minimum atomic E-state index is -0.760. The first-order chi connectivity index (χ1) is 15.4. The number of halogens is 1. The van der Waals surface area contributed by atoms with Gasteiger partial charge in [-0.2, -0.15) is 0 Å². The second-order valence-electron chi connectivity index (χ2n) is 7.11. The number of nitrogens with zero attached hydrogens (tertiary/aromatic N) is 2. The summed E-state index contributed by atoms with van der Waals surface area (Å²) in [7, 11) is 1.55. The molecule has 2 aromatic carbocycles. The van der Waals surface area contributed by atoms with Crippen molar-refractivity contribution in [3.63, 3.8) is 0 Å². The number of anilines is 2. The topological polar surface area (TPSA) is 105 Å². The van der Waals surface area contributed by atoms with Gasteiger partial charge in [-0.1, -0.05) is 61.4 Å². The molecular weight excluding hydrogens is 450 g/mol. The molecule has 2 atom stereocenters. The summed E-state index contributed by atoms with van der Waals surface area (Å²) < 4.78 is 5.16. The first kappa shape index (κ1) is 23.5. The van der Waals surface area contributed by atoms with E-state index in [0.717, 1.165) is 5.56 Å². The van der Waals surface area contributed by atoms with Gasteiger partial charge in [-0.3, -0.25) is 10.1 Å². The van der Waals surface area contributed by atoms with Gasteiger partial charge in [0.15, 0.2) is 0 Å². The lowest BCUT2D eigenvalue weighted by molar-refractivity contribution is -0.119. The van der Waals surface area contributed by atoms with E-state index in [1.807, 2.05) is 26.0 Å². The molecule has 168 valence electrons. The summed E-state index contributed by atoms with van der Waals surface area (Å²) in [5.74, 6) is 0.145. The SMILES string of the molecule is CC[C@@H](C)[C@H](NC(=O)Nc1cccc(OC)c1)C(=O)Nc1nnc(-c2cccc(Cl)c2)s1. The predicted octanol–water partition coefficient (Wildman–Crippen LogP) is 5.04. The number of hydrogen-bond acceptors (Lipinski definition) is 6. The lowest BCUT2D eigenvalue weighted by Gasteiger charge is -2.23. The molecule has 3 rings (SSSR count). The molecular formula is C22H24ClN5O3S. The molecule has 0 aliphatic carbocycles. The van der Waals surface area contributed by atoms with E-state index in [-0.39, 0.29) is 11.8 Å². The van der Waals surface area contributed by atoms with E-state index in [0.29, 0.717) is 33.0 Å². The van der Waals surface area contributed by atoms with Crippen molar-refractivity contribution < 1.29 is 14.3 Å². The fourth-order valence-electron chi connectivity index (χ4n) is 2.91. The van der Waals surface area contributed by atoms with Crippen molar-refractivity contribution in [2.45, 2.75) is 26.3 Å². The Morgan fingerprint density at radius 2 is 1.91 bits per heavy atom. The molecule has 0 fully saturated rings. The van der Waals surface area contributed by atoms with Crippen LogP contribution in [-0.2, 0) is 4.79 Å². The van der Waals surface area contributed by atoms with E-state index >= 15 is 0 Å². The van der Waals surface area contributed by atoms with Crippen molar-refractivity contribution >= 4 is 45.7 Å². The van der Waals surface area contributed by atoms with Crippen LogP contribution in [0.1, 0.15) is 20.3 Å². The van der Waals surface area contributed by atoms with Crippen molar-refractivity contribution in [2.75, 3.05) is 17.7 Å². The summed E-state index contributed by atoms with van der Waals surface area (Å²) in [6.45, 7) is 3.85. The molecule has 32 heavy (non-hydrogen) atoms. The van der Waals surface area contributed by atoms with Crippen molar-refractivity contribution in [1.29, 1.82) is 0 Å². The fourth-order valence-corrected chi connectivity index (χ4v) is 3.84. The highest BCUT2D eigenvalue weighted by atomic mass is 35.5. The number of nitrogens with one attached hydrogen (secondary N) is 3. The van der Waals surface area contributed by atoms with Gasteiger partial charge in [0.25, 0.3) is 0 Å². The van der Waals surface area contributed by atoms with E-state index in [9.17, 15) is 9.59 Å². The molecule has 3 aromatic rings. The predicted molar refractivity (Wildman–Crippen MR) is 127 cm³/mol. The van der Waals surface area contributed by atoms with E-state index < -0.39 is 12.1 Å². The molecule has 0 aliphatic heterocycles. The molecule has 0 saturated heterocycles. The zero-order chi connectivity index (χ0) is 23.1. The van der Waals surface area contributed by atoms with Crippen LogP contribution in [0.15, 0.2) is 48.5 Å². The minimum absolute atomic E-state index is 0.105. The highest BCUT2D eigenvalue weighted by molar-refractivity contribution is 7.18. The quantitative estimate of drug-likeness (QED) is 0.425. The molecule has 10 heteroatoms. The largest absolute Gasteiger partial charge is 0.497 e. The Kier molecular flexibility index (Phi) is 8.02. The van der Waals surface area contributed by atoms with Crippen LogP contribution in [0, 0.1) is 5.92 Å². The van der Waals surface area contributed by atoms with E-state index in [4.69, 9.17) is 16.3 Å². The average molecular weight is 474 g/mol. The van der Waals surface area contributed by atoms with Crippen LogP contribution < -0.4 is 20.7 Å². The molecule has 8 nitrogen and oxygen atoms in total. The third-order valence-corrected chi connectivity index (χ3v) is 5.96. The van der Waals surface area contributed by atoms with Crippen LogP contribution in [0.2, 0.25) is 5.02 Å². The van der Waals surface area contributed by atoms with Crippen LogP contribution in [0.25, 0.3) is 10.6 Å². The first-order valence-electron chi connectivity index (χ1n) is 10.0. The molecule has 3 amide bonds. The van der Waals surface area contributed by atoms with Gasteiger partial charge in [0, 0.05) is 22.3 Å². The average Bonchev–Trinajstić information content (AvgIpc) is 3.25. The first-order valence-corrected chi connectivity index (χ1v) is 11.2. The number of carbonyl (C=O) groups excluding carboxylic acids is 2. The van der Waals surface area contributed by atoms with E-state index in [1.165, 1.54) is 11.3 Å². The fraction of sp³-hybridized carbons (Fsp3) is 0.273. The van der Waals surface area contributed by atoms with Crippen molar-refractivity contribution in [3.05, 3.63) is 53.6 Å². The third-order valence-electron chi connectivity index (χ3n) is 4.84. The number of aromatic nitrogens is 2. The van der Waals surface area contributed by atoms with Crippen LogP contribution in [-0.4, -0.2) is 35.3 Å². The monoisotopic (exact) mass is 473 g/mol. The number of rotatable bonds is 8. The van der Waals surface area contributed by atoms with Gasteiger partial charge in [0.1, 0.15) is 16.8 Å². The lowest BCUT2D eigenvalue weighted by Crippen LogP contribution is -2.49. The van der Waals surface area contributed by atoms with Gasteiger partial charge in [-0.15, -0.1) is 10.2 Å². The number of hydrogen-bond donors (Lipinski definition) is 3. The molecule has 0 aliphatic rings. The van der Waals surface area contributed by atoms with Crippen LogP contribution in [0.4, 0.5) is 15.6 Å². The standard InChI is InChI=1S/C22H24ClN5O3S/c1-4-13(2)18(25-21(30)24-16-9-6-10-17(12-16)31-3)19(29)26-22-28-27-20(32-22)14-7-5-8-15(23)11-14/h5-13,18H,4H2,1-3H3,(H2,24,25,30)(H,26,28,29)/t13-,18+/m1/s1. The van der Waals surface area contributed by atoms with Crippen LogP contribution in [0.3, 0.4) is 0 Å². The Balaban J connectivity index is 1.67. The second-order valence-corrected chi connectivity index (χ2v) is 8.52. The Morgan fingerprint density at radius 1 is 1.12 bits per heavy atom. The molecule has 3 N–H and O–H groups in total. The number of carbonyl (C=O) groups is 2. The van der Waals surface area contributed by atoms with Gasteiger partial charge in [-0.05, 0) is 30.2 Å². The van der Waals surface area contributed by atoms with E-state index in [1.54, 1.807) is 43.5 Å². The number of amides is 3. The van der Waals surface area contributed by atoms with Gasteiger partial charge in [-0.25, -0.2) is 4.79 Å². The van der Waals surface area contributed by atoms with Gasteiger partial charge in [0.05, 0.1) is 7.11 Å². The molecule has 1 heterocycles. The van der Waals surface area contributed by atoms with Crippen molar-refractivity contribution in [1.82, 2.24) is 15.5 Å². The van der Waals surface area contributed by atoms with Crippen molar-refractivity contribution in [3.8, 4) is 16.3 Å². The van der Waals surface area contributed by atoms with E-state index in [2.05, 4.69) is 26.1 Å². The van der Waals surface area contributed by atoms with Crippen LogP contribution >= 0.6 is 22.9 Å². The third kappa shape index (κ3) is 6.18. The zero-order valence-electron chi connectivity index (χ0n) is 17.9. The summed E-state index contributed by atoms with van der Waals surface area (Å²) in [6, 6.07) is 13.0. The smallest absolute Gasteiger partial charge is 0.319 e. The number of ether oxygens (including phenoxy) is 1. The molecule has 0 bridgehead atoms. The maximum atomic E-state index is 12.9. The van der Waals surface area contributed by atoms with Crippen molar-refractivity contribution in [2.24, 2.45) is 5.92 Å². The molecule has 0 spiro atoms. The minimum Gasteiger partial charge on any atom is -0.497 e. The normalized spacial score (nSPS) is 12.5. The molecule has 1 aromatic heterocycles. The Morgan fingerprint density at radius 3 is 2.62 bits per heavy atom. The number of benzene rings is 2. The Bertz CT molecular complexity index is 1090. The number of methoxy groups -OCH3 is 1. The summed E-state index contributed by atoms with van der Waals surface area (Å²) in [5, 5.41) is 18.0. The highest BCUT2D eigenvalue weighted by Gasteiger charge is 2.27. The van der Waals surface area contributed by atoms with Crippen LogP contribution in [0.5, 0.6) is 5.75 Å². The van der Waals surface area contributed by atoms with Gasteiger partial charge in [0.2, 0.25) is 11.0 Å². The number of urea groups is 1. The Hall–Kier alpha value is -3.17. The summed E-state index contributed by atoms with van der Waals surface area (Å²) in [6.07, 6.45) is 0.696. The molecule has 0 radical (unpaired) electrons. The maximum absolute atomic E-state index is 12.9. The summed E-state index contributed by atoms with van der Waals surface area (Å²) >= 11 is 7.27. The highest BCUT2D eigenvalue weighted by Crippen LogP contribution is 2.28. The van der Waals surface area contributed by atoms with Gasteiger partial charge >= 0.3 is 6.03 Å². The molecule has 0 unspecified atom stereocenters. The maximum Gasteiger partial charge on any atom is 0.319 e. The second kappa shape index (κ2) is 10.9. The van der Waals surface area contributed by atoms with Gasteiger partial charge < -0.3 is 15.4 Å². The lowest BCUT2D eigenvalue weighted by atomic mass is 9.98. The Labute approximate surface area is 195 Å². The zero-order valence-corrected chi connectivity index (χ0v) is 19.5.